The van der Waals surface area contributed by atoms with Gasteiger partial charge in [-0.2, -0.15) is 0 Å². The molecule has 1 amide bonds. The molecule has 1 aliphatic heterocycles. The molecule has 0 atom stereocenters. The van der Waals surface area contributed by atoms with Gasteiger partial charge in [0.2, 0.25) is 0 Å². The van der Waals surface area contributed by atoms with Crippen LogP contribution in [-0.4, -0.2) is 42.9 Å². The molecule has 1 aliphatic rings. The van der Waals surface area contributed by atoms with Gasteiger partial charge in [0.1, 0.15) is 5.82 Å². The summed E-state index contributed by atoms with van der Waals surface area (Å²) in [6.45, 7) is 3.25. The first-order valence-corrected chi connectivity index (χ1v) is 10.4. The van der Waals surface area contributed by atoms with E-state index in [9.17, 15) is 9.18 Å². The summed E-state index contributed by atoms with van der Waals surface area (Å²) in [5.41, 5.74) is 9.01. The Kier molecular flexibility index (Phi) is 8.20. The quantitative estimate of drug-likeness (QED) is 0.377. The Morgan fingerprint density at radius 2 is 1.83 bits per heavy atom. The zero-order valence-electron chi connectivity index (χ0n) is 17.1. The van der Waals surface area contributed by atoms with Gasteiger partial charge in [0.15, 0.2) is 12.4 Å². The second-order valence-corrected chi connectivity index (χ2v) is 7.47. The third-order valence-corrected chi connectivity index (χ3v) is 5.14. The largest absolute Gasteiger partial charge is 0.384 e. The molecule has 0 radical (unpaired) electrons. The fraction of sp³-hybridized carbons (Fsp3) is 0.391. The van der Waals surface area contributed by atoms with Gasteiger partial charge in [-0.25, -0.2) is 4.39 Å². The van der Waals surface area contributed by atoms with Gasteiger partial charge in [-0.15, -0.1) is 0 Å². The number of hydrogen-bond donors (Lipinski definition) is 2. The Labute approximate surface area is 176 Å². The number of nitrogens with one attached hydrogen (secondary N) is 1. The van der Waals surface area contributed by atoms with Gasteiger partial charge in [-0.1, -0.05) is 48.0 Å². The van der Waals surface area contributed by atoms with Crippen molar-refractivity contribution in [2.75, 3.05) is 26.2 Å². The molecular weight excluding hydrogens is 383 g/mol. The number of hydrogen-bond acceptors (Lipinski definition) is 4. The summed E-state index contributed by atoms with van der Waals surface area (Å²) in [7, 11) is 0. The van der Waals surface area contributed by atoms with Crippen molar-refractivity contribution in [1.82, 2.24) is 10.2 Å². The van der Waals surface area contributed by atoms with E-state index in [1.807, 2.05) is 18.2 Å². The van der Waals surface area contributed by atoms with Gasteiger partial charge in [0, 0.05) is 18.7 Å². The van der Waals surface area contributed by atoms with E-state index in [0.717, 1.165) is 36.3 Å². The molecule has 0 aliphatic carbocycles. The maximum atomic E-state index is 12.9. The van der Waals surface area contributed by atoms with Crippen LogP contribution in [0.5, 0.6) is 0 Å². The summed E-state index contributed by atoms with van der Waals surface area (Å²) >= 11 is 0. The number of carbonyl (C=O) groups is 1. The molecule has 6 nitrogen and oxygen atoms in total. The van der Waals surface area contributed by atoms with Gasteiger partial charge < -0.3 is 15.9 Å². The summed E-state index contributed by atoms with van der Waals surface area (Å²) < 4.78 is 12.9. The van der Waals surface area contributed by atoms with E-state index in [0.29, 0.717) is 13.0 Å². The van der Waals surface area contributed by atoms with Gasteiger partial charge >= 0.3 is 0 Å². The normalized spacial score (nSPS) is 15.0. The average molecular weight is 413 g/mol. The third kappa shape index (κ3) is 6.84. The second kappa shape index (κ2) is 11.3. The molecule has 1 fully saturated rings. The van der Waals surface area contributed by atoms with Crippen molar-refractivity contribution in [3.63, 3.8) is 0 Å². The lowest BCUT2D eigenvalue weighted by Crippen LogP contribution is -2.30. The minimum Gasteiger partial charge on any atom is -0.384 e. The number of amidine groups is 1. The summed E-state index contributed by atoms with van der Waals surface area (Å²) in [4.78, 5) is 19.5. The van der Waals surface area contributed by atoms with E-state index < -0.39 is 0 Å². The van der Waals surface area contributed by atoms with Crippen LogP contribution in [0.25, 0.3) is 0 Å². The molecule has 2 aromatic carbocycles. The lowest BCUT2D eigenvalue weighted by Gasteiger charge is -2.27. The summed E-state index contributed by atoms with van der Waals surface area (Å²) in [6, 6.07) is 14.1. The van der Waals surface area contributed by atoms with Crippen molar-refractivity contribution >= 4 is 11.7 Å². The molecule has 160 valence electrons. The van der Waals surface area contributed by atoms with Crippen LogP contribution in [0.2, 0.25) is 0 Å². The molecule has 0 unspecified atom stereocenters. The lowest BCUT2D eigenvalue weighted by atomic mass is 10.0. The zero-order valence-corrected chi connectivity index (χ0v) is 17.1. The topological polar surface area (TPSA) is 80.0 Å². The Bertz CT molecular complexity index is 849. The highest BCUT2D eigenvalue weighted by Gasteiger charge is 2.14. The minimum atomic E-state index is -0.282. The molecule has 30 heavy (non-hydrogen) atoms. The number of rotatable bonds is 9. The monoisotopic (exact) mass is 412 g/mol. The third-order valence-electron chi connectivity index (χ3n) is 5.14. The SMILES string of the molecule is N/C(=N/OCC(=O)NCCc1ccc(F)cc1)c1ccccc1CN1CCCCC1. The molecular formula is C23H29FN4O2. The van der Waals surface area contributed by atoms with E-state index in [2.05, 4.69) is 21.4 Å². The maximum Gasteiger partial charge on any atom is 0.260 e. The smallest absolute Gasteiger partial charge is 0.260 e. The molecule has 0 saturated carbocycles. The molecule has 2 aromatic rings. The van der Waals surface area contributed by atoms with Crippen molar-refractivity contribution in [3.8, 4) is 0 Å². The Hall–Kier alpha value is -2.93. The van der Waals surface area contributed by atoms with Crippen LogP contribution in [0, 0.1) is 5.82 Å². The number of oxime groups is 1. The molecule has 0 spiro atoms. The number of benzene rings is 2. The van der Waals surface area contributed by atoms with Crippen LogP contribution in [0.1, 0.15) is 36.0 Å². The average Bonchev–Trinajstić information content (AvgIpc) is 2.76. The van der Waals surface area contributed by atoms with Crippen molar-refractivity contribution in [2.45, 2.75) is 32.2 Å². The molecule has 1 saturated heterocycles. The van der Waals surface area contributed by atoms with Crippen LogP contribution in [0.4, 0.5) is 4.39 Å². The number of amides is 1. The fourth-order valence-corrected chi connectivity index (χ4v) is 3.52. The van der Waals surface area contributed by atoms with E-state index in [1.54, 1.807) is 12.1 Å². The first-order valence-electron chi connectivity index (χ1n) is 10.4. The highest BCUT2D eigenvalue weighted by Crippen LogP contribution is 2.16. The van der Waals surface area contributed by atoms with Crippen molar-refractivity contribution in [2.24, 2.45) is 10.9 Å². The highest BCUT2D eigenvalue weighted by atomic mass is 19.1. The van der Waals surface area contributed by atoms with E-state index in [4.69, 9.17) is 10.6 Å². The fourth-order valence-electron chi connectivity index (χ4n) is 3.52. The Morgan fingerprint density at radius 3 is 2.60 bits per heavy atom. The Balaban J connectivity index is 1.45. The van der Waals surface area contributed by atoms with Crippen LogP contribution >= 0.6 is 0 Å². The van der Waals surface area contributed by atoms with Crippen LogP contribution in [0.3, 0.4) is 0 Å². The lowest BCUT2D eigenvalue weighted by molar-refractivity contribution is -0.125. The highest BCUT2D eigenvalue weighted by molar-refractivity contribution is 5.98. The number of likely N-dealkylation sites (tertiary alicyclic amines) is 1. The predicted octanol–water partition coefficient (Wildman–Crippen LogP) is 2.81. The predicted molar refractivity (Wildman–Crippen MR) is 115 cm³/mol. The van der Waals surface area contributed by atoms with E-state index in [-0.39, 0.29) is 24.2 Å². The number of carbonyl (C=O) groups excluding carboxylic acids is 1. The first-order chi connectivity index (χ1) is 14.6. The summed E-state index contributed by atoms with van der Waals surface area (Å²) in [6.07, 6.45) is 4.36. The second-order valence-electron chi connectivity index (χ2n) is 7.47. The summed E-state index contributed by atoms with van der Waals surface area (Å²) in [5.74, 6) is -0.291. The molecule has 3 rings (SSSR count). The van der Waals surface area contributed by atoms with Crippen LogP contribution < -0.4 is 11.1 Å². The standard InChI is InChI=1S/C23H29FN4O2/c24-20-10-8-18(9-11-20)12-13-26-22(29)17-30-27-23(25)21-7-3-2-6-19(21)16-28-14-4-1-5-15-28/h2-3,6-11H,1,4-5,12-17H2,(H2,25,27)(H,26,29). The van der Waals surface area contributed by atoms with Crippen LogP contribution in [0.15, 0.2) is 53.7 Å². The summed E-state index contributed by atoms with van der Waals surface area (Å²) in [5, 5.41) is 6.69. The van der Waals surface area contributed by atoms with E-state index >= 15 is 0 Å². The van der Waals surface area contributed by atoms with Crippen molar-refractivity contribution in [1.29, 1.82) is 0 Å². The Morgan fingerprint density at radius 1 is 1.10 bits per heavy atom. The van der Waals surface area contributed by atoms with E-state index in [1.165, 1.54) is 31.4 Å². The van der Waals surface area contributed by atoms with Gasteiger partial charge in [-0.05, 0) is 55.6 Å². The number of nitrogens with two attached hydrogens (primary N) is 1. The maximum absolute atomic E-state index is 12.9. The molecule has 1 heterocycles. The molecule has 0 bridgehead atoms. The van der Waals surface area contributed by atoms with Gasteiger partial charge in [-0.3, -0.25) is 9.69 Å². The van der Waals surface area contributed by atoms with Gasteiger partial charge in [0.05, 0.1) is 0 Å². The number of nitrogens with zero attached hydrogens (tertiary/aromatic N) is 2. The molecule has 0 aromatic heterocycles. The molecule has 7 heteroatoms. The van der Waals surface area contributed by atoms with Crippen molar-refractivity contribution < 1.29 is 14.0 Å². The van der Waals surface area contributed by atoms with Crippen molar-refractivity contribution in [3.05, 3.63) is 71.0 Å². The number of halogens is 1. The first kappa shape index (κ1) is 21.8. The van der Waals surface area contributed by atoms with Gasteiger partial charge in [0.25, 0.3) is 5.91 Å². The molecule has 3 N–H and O–H groups in total. The minimum absolute atomic E-state index is 0.210. The number of piperidine rings is 1. The van der Waals surface area contributed by atoms with Crippen LogP contribution in [-0.2, 0) is 22.6 Å². The zero-order chi connectivity index (χ0) is 21.2.